The first-order chi connectivity index (χ1) is 9.69. The van der Waals surface area contributed by atoms with Crippen LogP contribution in [0.3, 0.4) is 0 Å². The first-order valence-electron chi connectivity index (χ1n) is 6.88. The molecule has 0 amide bonds. The van der Waals surface area contributed by atoms with Gasteiger partial charge in [0.15, 0.2) is 0 Å². The van der Waals surface area contributed by atoms with Crippen LogP contribution in [-0.4, -0.2) is 13.7 Å². The van der Waals surface area contributed by atoms with Crippen molar-refractivity contribution < 1.29 is 4.74 Å². The van der Waals surface area contributed by atoms with Gasteiger partial charge in [0.2, 0.25) is 0 Å². The molecule has 20 heavy (non-hydrogen) atoms. The summed E-state index contributed by atoms with van der Waals surface area (Å²) < 4.78 is 6.72. The minimum atomic E-state index is 0.190. The number of fused-ring (bicyclic) bond motifs is 1. The van der Waals surface area contributed by atoms with Crippen LogP contribution in [0.5, 0.6) is 5.75 Å². The summed E-state index contributed by atoms with van der Waals surface area (Å²) >= 11 is 3.67. The third-order valence-electron chi connectivity index (χ3n) is 3.80. The number of halogens is 1. The molecule has 1 N–H and O–H groups in total. The summed E-state index contributed by atoms with van der Waals surface area (Å²) in [5.74, 6) is 1.03. The highest BCUT2D eigenvalue weighted by Crippen LogP contribution is 2.33. The van der Waals surface area contributed by atoms with Crippen LogP contribution in [-0.2, 0) is 6.42 Å². The Hall–Kier alpha value is -1.32. The second-order valence-corrected chi connectivity index (χ2v) is 6.07. The summed E-state index contributed by atoms with van der Waals surface area (Å²) in [4.78, 5) is 0. The number of ether oxygens (including phenoxy) is 1. The van der Waals surface area contributed by atoms with E-state index in [9.17, 15) is 0 Å². The number of hydrogen-bond acceptors (Lipinski definition) is 2. The smallest absolute Gasteiger partial charge is 0.122 e. The Balaban J connectivity index is 2.03. The van der Waals surface area contributed by atoms with Gasteiger partial charge in [-0.3, -0.25) is 0 Å². The van der Waals surface area contributed by atoms with Crippen LogP contribution in [0.4, 0.5) is 0 Å². The molecule has 1 unspecified atom stereocenters. The first kappa shape index (κ1) is 13.7. The number of rotatable bonds is 3. The lowest BCUT2D eigenvalue weighted by atomic mass is 9.95. The maximum absolute atomic E-state index is 5.59. The van der Waals surface area contributed by atoms with Crippen LogP contribution in [0.25, 0.3) is 0 Å². The summed E-state index contributed by atoms with van der Waals surface area (Å²) in [5.41, 5.74) is 5.13. The van der Waals surface area contributed by atoms with E-state index in [-0.39, 0.29) is 6.04 Å². The zero-order valence-corrected chi connectivity index (χ0v) is 13.3. The minimum absolute atomic E-state index is 0.190. The minimum Gasteiger partial charge on any atom is -0.493 e. The Morgan fingerprint density at radius 3 is 2.85 bits per heavy atom. The van der Waals surface area contributed by atoms with Gasteiger partial charge < -0.3 is 10.1 Å². The largest absolute Gasteiger partial charge is 0.493 e. The van der Waals surface area contributed by atoms with Gasteiger partial charge in [-0.25, -0.2) is 0 Å². The van der Waals surface area contributed by atoms with Crippen LogP contribution in [0, 0.1) is 6.92 Å². The van der Waals surface area contributed by atoms with Crippen LogP contribution >= 0.6 is 15.9 Å². The molecule has 0 saturated carbocycles. The van der Waals surface area contributed by atoms with Gasteiger partial charge in [0.25, 0.3) is 0 Å². The number of nitrogens with one attached hydrogen (secondary N) is 1. The average molecular weight is 332 g/mol. The fourth-order valence-corrected chi connectivity index (χ4v) is 3.25. The highest BCUT2D eigenvalue weighted by atomic mass is 79.9. The fraction of sp³-hybridized carbons (Fsp3) is 0.294. The SMILES string of the molecule is CNC(c1ccc2c(c1)CCO2)c1cc(C)ccc1Br. The Bertz CT molecular complexity index is 639. The third kappa shape index (κ3) is 2.48. The summed E-state index contributed by atoms with van der Waals surface area (Å²) in [6, 6.07) is 13.2. The maximum atomic E-state index is 5.59. The molecule has 1 aliphatic rings. The van der Waals surface area contributed by atoms with E-state index < -0.39 is 0 Å². The molecule has 1 atom stereocenters. The molecular formula is C17H18BrNO. The average Bonchev–Trinajstić information content (AvgIpc) is 2.91. The van der Waals surface area contributed by atoms with Crippen molar-refractivity contribution in [1.29, 1.82) is 0 Å². The van der Waals surface area contributed by atoms with Gasteiger partial charge in [-0.1, -0.05) is 45.8 Å². The van der Waals surface area contributed by atoms with E-state index in [4.69, 9.17) is 4.74 Å². The fourth-order valence-electron chi connectivity index (χ4n) is 2.77. The zero-order chi connectivity index (χ0) is 14.1. The molecule has 1 aliphatic heterocycles. The molecule has 1 heterocycles. The summed E-state index contributed by atoms with van der Waals surface area (Å²) in [5, 5.41) is 3.42. The molecule has 104 valence electrons. The van der Waals surface area contributed by atoms with Gasteiger partial charge in [0.1, 0.15) is 5.75 Å². The topological polar surface area (TPSA) is 21.3 Å². The molecular weight excluding hydrogens is 314 g/mol. The van der Waals surface area contributed by atoms with Gasteiger partial charge in [0, 0.05) is 10.9 Å². The van der Waals surface area contributed by atoms with Crippen LogP contribution < -0.4 is 10.1 Å². The maximum Gasteiger partial charge on any atom is 0.122 e. The van der Waals surface area contributed by atoms with Gasteiger partial charge in [-0.2, -0.15) is 0 Å². The monoisotopic (exact) mass is 331 g/mol. The normalized spacial score (nSPS) is 14.8. The lowest BCUT2D eigenvalue weighted by Gasteiger charge is -2.20. The molecule has 2 aromatic carbocycles. The van der Waals surface area contributed by atoms with E-state index in [2.05, 4.69) is 64.6 Å². The molecule has 0 spiro atoms. The highest BCUT2D eigenvalue weighted by molar-refractivity contribution is 9.10. The van der Waals surface area contributed by atoms with Gasteiger partial charge >= 0.3 is 0 Å². The molecule has 0 radical (unpaired) electrons. The standard InChI is InChI=1S/C17H18BrNO/c1-11-3-5-15(18)14(9-11)17(19-2)13-4-6-16-12(10-13)7-8-20-16/h3-6,9-10,17,19H,7-8H2,1-2H3. The predicted octanol–water partition coefficient (Wildman–Crippen LogP) is 4.00. The van der Waals surface area contributed by atoms with Crippen molar-refractivity contribution in [1.82, 2.24) is 5.32 Å². The summed E-state index contributed by atoms with van der Waals surface area (Å²) in [7, 11) is 2.00. The van der Waals surface area contributed by atoms with Crippen molar-refractivity contribution in [3.05, 3.63) is 63.1 Å². The van der Waals surface area contributed by atoms with Gasteiger partial charge in [-0.15, -0.1) is 0 Å². The van der Waals surface area contributed by atoms with Crippen molar-refractivity contribution in [2.45, 2.75) is 19.4 Å². The van der Waals surface area contributed by atoms with Gasteiger partial charge in [-0.05, 0) is 42.8 Å². The Labute approximate surface area is 128 Å². The number of benzene rings is 2. The number of hydrogen-bond donors (Lipinski definition) is 1. The van der Waals surface area contributed by atoms with Crippen LogP contribution in [0.2, 0.25) is 0 Å². The second kappa shape index (κ2) is 5.58. The quantitative estimate of drug-likeness (QED) is 0.917. The zero-order valence-electron chi connectivity index (χ0n) is 11.7. The van der Waals surface area contributed by atoms with E-state index in [1.54, 1.807) is 0 Å². The second-order valence-electron chi connectivity index (χ2n) is 5.21. The third-order valence-corrected chi connectivity index (χ3v) is 4.52. The van der Waals surface area contributed by atoms with E-state index in [1.165, 1.54) is 22.3 Å². The molecule has 2 aromatic rings. The van der Waals surface area contributed by atoms with Crippen LogP contribution in [0.15, 0.2) is 40.9 Å². The lowest BCUT2D eigenvalue weighted by molar-refractivity contribution is 0.357. The predicted molar refractivity (Wildman–Crippen MR) is 85.4 cm³/mol. The first-order valence-corrected chi connectivity index (χ1v) is 7.67. The Morgan fingerprint density at radius 1 is 1.20 bits per heavy atom. The van der Waals surface area contributed by atoms with E-state index >= 15 is 0 Å². The Morgan fingerprint density at radius 2 is 2.05 bits per heavy atom. The van der Waals surface area contributed by atoms with Crippen molar-refractivity contribution >= 4 is 15.9 Å². The van der Waals surface area contributed by atoms with Crippen molar-refractivity contribution in [3.8, 4) is 5.75 Å². The molecule has 0 aliphatic carbocycles. The Kier molecular flexibility index (Phi) is 3.81. The molecule has 0 aromatic heterocycles. The van der Waals surface area contributed by atoms with Crippen molar-refractivity contribution in [2.75, 3.05) is 13.7 Å². The molecule has 0 bridgehead atoms. The van der Waals surface area contributed by atoms with Gasteiger partial charge in [0.05, 0.1) is 12.6 Å². The van der Waals surface area contributed by atoms with E-state index in [0.717, 1.165) is 23.2 Å². The van der Waals surface area contributed by atoms with Crippen molar-refractivity contribution in [2.24, 2.45) is 0 Å². The molecule has 0 saturated heterocycles. The summed E-state index contributed by atoms with van der Waals surface area (Å²) in [6.07, 6.45) is 1.01. The number of aryl methyl sites for hydroxylation is 1. The van der Waals surface area contributed by atoms with Crippen LogP contribution in [0.1, 0.15) is 28.3 Å². The molecule has 2 nitrogen and oxygen atoms in total. The lowest BCUT2D eigenvalue weighted by Crippen LogP contribution is -2.18. The van der Waals surface area contributed by atoms with Crippen molar-refractivity contribution in [3.63, 3.8) is 0 Å². The molecule has 0 fully saturated rings. The molecule has 3 heteroatoms. The summed E-state index contributed by atoms with van der Waals surface area (Å²) in [6.45, 7) is 2.93. The highest BCUT2D eigenvalue weighted by Gasteiger charge is 2.19. The van der Waals surface area contributed by atoms with E-state index in [1.807, 2.05) is 7.05 Å². The molecule has 3 rings (SSSR count). The van der Waals surface area contributed by atoms with E-state index in [0.29, 0.717) is 0 Å².